The lowest BCUT2D eigenvalue weighted by Crippen LogP contribution is -2.30. The molecule has 1 amide bonds. The van der Waals surface area contributed by atoms with Crippen molar-refractivity contribution in [2.24, 2.45) is 0 Å². The van der Waals surface area contributed by atoms with Gasteiger partial charge in [0.05, 0.1) is 17.9 Å². The molecule has 1 N–H and O–H groups in total. The van der Waals surface area contributed by atoms with Gasteiger partial charge < -0.3 is 14.4 Å². The van der Waals surface area contributed by atoms with Crippen LogP contribution in [0.1, 0.15) is 12.1 Å². The van der Waals surface area contributed by atoms with Gasteiger partial charge in [0.2, 0.25) is 11.8 Å². The minimum atomic E-state index is -0.909. The Morgan fingerprint density at radius 1 is 1.30 bits per heavy atom. The SMILES string of the molecule is CN(CCC(=O)O)C(=O)CSCc1coc(-c2ccccc2)n1. The first-order valence-electron chi connectivity index (χ1n) is 7.09. The van der Waals surface area contributed by atoms with Gasteiger partial charge in [0.1, 0.15) is 6.26 Å². The average molecular weight is 334 g/mol. The first-order valence-corrected chi connectivity index (χ1v) is 8.25. The minimum absolute atomic E-state index is 0.0450. The normalized spacial score (nSPS) is 10.5. The van der Waals surface area contributed by atoms with E-state index >= 15 is 0 Å². The summed E-state index contributed by atoms with van der Waals surface area (Å²) in [6.45, 7) is 0.219. The van der Waals surface area contributed by atoms with E-state index < -0.39 is 5.97 Å². The fraction of sp³-hybridized carbons (Fsp3) is 0.312. The Morgan fingerprint density at radius 2 is 2.04 bits per heavy atom. The second-order valence-electron chi connectivity index (χ2n) is 4.96. The number of oxazole rings is 1. The first kappa shape index (κ1) is 17.1. The van der Waals surface area contributed by atoms with E-state index in [-0.39, 0.29) is 24.6 Å². The summed E-state index contributed by atoms with van der Waals surface area (Å²) in [6.07, 6.45) is 1.55. The molecule has 23 heavy (non-hydrogen) atoms. The van der Waals surface area contributed by atoms with Crippen LogP contribution in [0.4, 0.5) is 0 Å². The molecule has 0 aliphatic heterocycles. The smallest absolute Gasteiger partial charge is 0.305 e. The maximum absolute atomic E-state index is 11.8. The van der Waals surface area contributed by atoms with Crippen LogP contribution in [0.3, 0.4) is 0 Å². The molecule has 0 unspecified atom stereocenters. The number of aromatic nitrogens is 1. The molecule has 1 heterocycles. The zero-order valence-electron chi connectivity index (χ0n) is 12.8. The van der Waals surface area contributed by atoms with Gasteiger partial charge in [-0.3, -0.25) is 9.59 Å². The number of aliphatic carboxylic acids is 1. The summed E-state index contributed by atoms with van der Waals surface area (Å²) in [7, 11) is 1.61. The van der Waals surface area contributed by atoms with Crippen LogP contribution >= 0.6 is 11.8 Å². The van der Waals surface area contributed by atoms with Crippen LogP contribution in [-0.4, -0.2) is 46.2 Å². The van der Waals surface area contributed by atoms with Crippen molar-refractivity contribution in [1.82, 2.24) is 9.88 Å². The number of rotatable bonds is 8. The highest BCUT2D eigenvalue weighted by molar-refractivity contribution is 7.99. The zero-order chi connectivity index (χ0) is 16.7. The van der Waals surface area contributed by atoms with E-state index in [1.165, 1.54) is 16.7 Å². The van der Waals surface area contributed by atoms with E-state index in [1.54, 1.807) is 13.3 Å². The monoisotopic (exact) mass is 334 g/mol. The van der Waals surface area contributed by atoms with Gasteiger partial charge in [-0.1, -0.05) is 18.2 Å². The highest BCUT2D eigenvalue weighted by Gasteiger charge is 2.11. The second-order valence-corrected chi connectivity index (χ2v) is 5.95. The van der Waals surface area contributed by atoms with Gasteiger partial charge in [0.15, 0.2) is 0 Å². The molecule has 122 valence electrons. The number of carboxylic acid groups (broad SMARTS) is 1. The van der Waals surface area contributed by atoms with Crippen LogP contribution in [-0.2, 0) is 15.3 Å². The van der Waals surface area contributed by atoms with Gasteiger partial charge >= 0.3 is 5.97 Å². The van der Waals surface area contributed by atoms with Crippen molar-refractivity contribution in [3.63, 3.8) is 0 Å². The summed E-state index contributed by atoms with van der Waals surface area (Å²) in [6, 6.07) is 9.60. The van der Waals surface area contributed by atoms with E-state index in [0.29, 0.717) is 11.6 Å². The van der Waals surface area contributed by atoms with Crippen LogP contribution in [0.5, 0.6) is 0 Å². The number of carbonyl (C=O) groups is 2. The highest BCUT2D eigenvalue weighted by Crippen LogP contribution is 2.20. The fourth-order valence-corrected chi connectivity index (χ4v) is 2.67. The van der Waals surface area contributed by atoms with Gasteiger partial charge in [0, 0.05) is 24.9 Å². The lowest BCUT2D eigenvalue weighted by molar-refractivity contribution is -0.137. The first-order chi connectivity index (χ1) is 11.1. The quantitative estimate of drug-likeness (QED) is 0.798. The van der Waals surface area contributed by atoms with Crippen molar-refractivity contribution in [2.45, 2.75) is 12.2 Å². The van der Waals surface area contributed by atoms with Crippen molar-refractivity contribution in [3.8, 4) is 11.5 Å². The average Bonchev–Trinajstić information content (AvgIpc) is 3.02. The summed E-state index contributed by atoms with van der Waals surface area (Å²) in [5.41, 5.74) is 1.68. The lowest BCUT2D eigenvalue weighted by Gasteiger charge is -2.15. The Hall–Kier alpha value is -2.28. The van der Waals surface area contributed by atoms with Crippen LogP contribution in [0.2, 0.25) is 0 Å². The molecule has 0 bridgehead atoms. The molecule has 0 spiro atoms. The molecule has 1 aromatic carbocycles. The number of carboxylic acids is 1. The van der Waals surface area contributed by atoms with Crippen LogP contribution in [0, 0.1) is 0 Å². The Bertz CT molecular complexity index is 657. The summed E-state index contributed by atoms with van der Waals surface area (Å²) in [5.74, 6) is 0.404. The largest absolute Gasteiger partial charge is 0.481 e. The molecule has 0 saturated heterocycles. The topological polar surface area (TPSA) is 83.6 Å². The minimum Gasteiger partial charge on any atom is -0.481 e. The van der Waals surface area contributed by atoms with Crippen molar-refractivity contribution in [1.29, 1.82) is 0 Å². The third kappa shape index (κ3) is 5.45. The molecule has 6 nitrogen and oxygen atoms in total. The maximum Gasteiger partial charge on any atom is 0.305 e. The predicted octanol–water partition coefficient (Wildman–Crippen LogP) is 2.51. The van der Waals surface area contributed by atoms with E-state index in [1.807, 2.05) is 30.3 Å². The Kier molecular flexibility index (Phi) is 6.22. The number of carbonyl (C=O) groups excluding carboxylic acids is 1. The van der Waals surface area contributed by atoms with Crippen LogP contribution in [0.25, 0.3) is 11.5 Å². The summed E-state index contributed by atoms with van der Waals surface area (Å²) < 4.78 is 5.44. The van der Waals surface area contributed by atoms with Crippen molar-refractivity contribution in [2.75, 3.05) is 19.3 Å². The Balaban J connectivity index is 1.77. The molecule has 0 atom stereocenters. The molecule has 0 aliphatic carbocycles. The van der Waals surface area contributed by atoms with Gasteiger partial charge in [-0.15, -0.1) is 11.8 Å². The number of hydrogen-bond acceptors (Lipinski definition) is 5. The molecule has 2 rings (SSSR count). The zero-order valence-corrected chi connectivity index (χ0v) is 13.6. The number of amides is 1. The predicted molar refractivity (Wildman–Crippen MR) is 88.0 cm³/mol. The molecule has 2 aromatic rings. The lowest BCUT2D eigenvalue weighted by atomic mass is 10.2. The van der Waals surface area contributed by atoms with E-state index in [9.17, 15) is 9.59 Å². The number of benzene rings is 1. The molecule has 0 radical (unpaired) electrons. The molecular formula is C16H18N2O4S. The molecule has 0 saturated carbocycles. The van der Waals surface area contributed by atoms with Crippen molar-refractivity contribution in [3.05, 3.63) is 42.3 Å². The van der Waals surface area contributed by atoms with Gasteiger partial charge in [-0.25, -0.2) is 4.98 Å². The summed E-state index contributed by atoms with van der Waals surface area (Å²) >= 11 is 1.42. The molecule has 0 fully saturated rings. The number of nitrogens with zero attached hydrogens (tertiary/aromatic N) is 2. The third-order valence-corrected chi connectivity index (χ3v) is 4.09. The van der Waals surface area contributed by atoms with E-state index in [0.717, 1.165) is 11.3 Å². The van der Waals surface area contributed by atoms with Crippen LogP contribution < -0.4 is 0 Å². The summed E-state index contributed by atoms with van der Waals surface area (Å²) in [5, 5.41) is 8.60. The molecular weight excluding hydrogens is 316 g/mol. The van der Waals surface area contributed by atoms with Crippen molar-refractivity contribution < 1.29 is 19.1 Å². The van der Waals surface area contributed by atoms with Crippen molar-refractivity contribution >= 4 is 23.6 Å². The maximum atomic E-state index is 11.8. The standard InChI is InChI=1S/C16H18N2O4S/c1-18(8-7-15(20)21)14(19)11-23-10-13-9-22-16(17-13)12-5-3-2-4-6-12/h2-6,9H,7-8,10-11H2,1H3,(H,20,21). The Morgan fingerprint density at radius 3 is 2.74 bits per heavy atom. The summed E-state index contributed by atoms with van der Waals surface area (Å²) in [4.78, 5) is 28.1. The number of hydrogen-bond donors (Lipinski definition) is 1. The van der Waals surface area contributed by atoms with E-state index in [4.69, 9.17) is 9.52 Å². The van der Waals surface area contributed by atoms with Gasteiger partial charge in [0.25, 0.3) is 0 Å². The number of thioether (sulfide) groups is 1. The molecule has 7 heteroatoms. The molecule has 1 aromatic heterocycles. The van der Waals surface area contributed by atoms with Crippen LogP contribution in [0.15, 0.2) is 41.0 Å². The van der Waals surface area contributed by atoms with E-state index in [2.05, 4.69) is 4.98 Å². The second kappa shape index (κ2) is 8.38. The third-order valence-electron chi connectivity index (χ3n) is 3.13. The Labute approximate surface area is 138 Å². The van der Waals surface area contributed by atoms with Gasteiger partial charge in [-0.05, 0) is 12.1 Å². The molecule has 0 aliphatic rings. The fourth-order valence-electron chi connectivity index (χ4n) is 1.83. The van der Waals surface area contributed by atoms with Gasteiger partial charge in [-0.2, -0.15) is 0 Å². The highest BCUT2D eigenvalue weighted by atomic mass is 32.2.